The van der Waals surface area contributed by atoms with E-state index < -0.39 is 15.9 Å². The Morgan fingerprint density at radius 1 is 1.40 bits per heavy atom. The third-order valence-corrected chi connectivity index (χ3v) is 5.59. The Balaban J connectivity index is 1.96. The van der Waals surface area contributed by atoms with Crippen molar-refractivity contribution in [3.05, 3.63) is 12.4 Å². The first-order chi connectivity index (χ1) is 9.39. The van der Waals surface area contributed by atoms with Crippen molar-refractivity contribution >= 4 is 33.4 Å². The molecule has 20 heavy (non-hydrogen) atoms. The van der Waals surface area contributed by atoms with E-state index >= 15 is 0 Å². The number of urea groups is 1. The van der Waals surface area contributed by atoms with Crippen molar-refractivity contribution in [3.8, 4) is 0 Å². The van der Waals surface area contributed by atoms with E-state index in [0.717, 1.165) is 5.03 Å². The summed E-state index contributed by atoms with van der Waals surface area (Å²) < 4.78 is 23.0. The summed E-state index contributed by atoms with van der Waals surface area (Å²) in [6.07, 6.45) is 3.24. The van der Waals surface area contributed by atoms with Crippen molar-refractivity contribution in [1.29, 1.82) is 0 Å². The standard InChI is InChI=1S/C11H16N4O3S2/c1-7-4-20(17,18)5-8(7)14-11(16)15-9-3-10(19-2)13-6-12-9/h3,6-8H,4-5H2,1-2H3,(H2,12,13,14,15,16)/t7-,8+/m0/s1. The molecule has 0 bridgehead atoms. The number of anilines is 1. The summed E-state index contributed by atoms with van der Waals surface area (Å²) >= 11 is 1.44. The van der Waals surface area contributed by atoms with E-state index in [9.17, 15) is 13.2 Å². The molecule has 0 unspecified atom stereocenters. The van der Waals surface area contributed by atoms with Crippen LogP contribution in [-0.4, -0.2) is 48.2 Å². The van der Waals surface area contributed by atoms with Gasteiger partial charge in [-0.05, 0) is 12.2 Å². The molecule has 9 heteroatoms. The second-order valence-corrected chi connectivity index (χ2v) is 7.69. The van der Waals surface area contributed by atoms with Crippen LogP contribution >= 0.6 is 11.8 Å². The maximum atomic E-state index is 11.8. The van der Waals surface area contributed by atoms with Crippen molar-refractivity contribution < 1.29 is 13.2 Å². The SMILES string of the molecule is CSc1cc(NC(=O)N[C@@H]2CS(=O)(=O)C[C@@H]2C)ncn1. The summed E-state index contributed by atoms with van der Waals surface area (Å²) in [5, 5.41) is 6.00. The van der Waals surface area contributed by atoms with Gasteiger partial charge in [-0.1, -0.05) is 6.92 Å². The molecule has 0 aliphatic carbocycles. The molecular formula is C11H16N4O3S2. The molecular weight excluding hydrogens is 300 g/mol. The van der Waals surface area contributed by atoms with Crippen LogP contribution in [0.3, 0.4) is 0 Å². The highest BCUT2D eigenvalue weighted by Crippen LogP contribution is 2.19. The highest BCUT2D eigenvalue weighted by atomic mass is 32.2. The molecule has 1 aliphatic heterocycles. The highest BCUT2D eigenvalue weighted by molar-refractivity contribution is 7.98. The monoisotopic (exact) mass is 316 g/mol. The summed E-state index contributed by atoms with van der Waals surface area (Å²) in [6.45, 7) is 1.81. The van der Waals surface area contributed by atoms with Crippen LogP contribution in [0, 0.1) is 5.92 Å². The van der Waals surface area contributed by atoms with Crippen LogP contribution < -0.4 is 10.6 Å². The fourth-order valence-corrected chi connectivity index (χ4v) is 4.56. The molecule has 0 radical (unpaired) electrons. The van der Waals surface area contributed by atoms with E-state index in [1.165, 1.54) is 18.1 Å². The van der Waals surface area contributed by atoms with Crippen LogP contribution in [0.25, 0.3) is 0 Å². The van der Waals surface area contributed by atoms with Gasteiger partial charge in [-0.3, -0.25) is 5.32 Å². The van der Waals surface area contributed by atoms with Crippen molar-refractivity contribution in [3.63, 3.8) is 0 Å². The predicted octanol–water partition coefficient (Wildman–Crippen LogP) is 0.753. The van der Waals surface area contributed by atoms with Gasteiger partial charge >= 0.3 is 6.03 Å². The van der Waals surface area contributed by atoms with E-state index in [4.69, 9.17) is 0 Å². The van der Waals surface area contributed by atoms with E-state index in [0.29, 0.717) is 5.82 Å². The van der Waals surface area contributed by atoms with Crippen molar-refractivity contribution in [1.82, 2.24) is 15.3 Å². The van der Waals surface area contributed by atoms with E-state index in [-0.39, 0.29) is 23.5 Å². The van der Waals surface area contributed by atoms with E-state index in [1.54, 1.807) is 6.07 Å². The number of hydrogen-bond donors (Lipinski definition) is 2. The summed E-state index contributed by atoms with van der Waals surface area (Å²) in [5.74, 6) is 0.400. The molecule has 0 spiro atoms. The molecule has 2 heterocycles. The molecule has 2 amide bonds. The maximum absolute atomic E-state index is 11.8. The van der Waals surface area contributed by atoms with Gasteiger partial charge in [0.15, 0.2) is 9.84 Å². The number of sulfone groups is 1. The van der Waals surface area contributed by atoms with Gasteiger partial charge in [0.2, 0.25) is 0 Å². The van der Waals surface area contributed by atoms with Crippen LogP contribution in [0.4, 0.5) is 10.6 Å². The first-order valence-electron chi connectivity index (χ1n) is 6.03. The van der Waals surface area contributed by atoms with Crippen LogP contribution in [0.1, 0.15) is 6.92 Å². The van der Waals surface area contributed by atoms with Crippen LogP contribution in [0.5, 0.6) is 0 Å². The van der Waals surface area contributed by atoms with Crippen LogP contribution in [0.15, 0.2) is 17.4 Å². The smallest absolute Gasteiger partial charge is 0.320 e. The van der Waals surface area contributed by atoms with Gasteiger partial charge in [0, 0.05) is 12.1 Å². The van der Waals surface area contributed by atoms with Gasteiger partial charge < -0.3 is 5.32 Å². The number of thioether (sulfide) groups is 1. The predicted molar refractivity (Wildman–Crippen MR) is 77.6 cm³/mol. The van der Waals surface area contributed by atoms with Gasteiger partial charge in [-0.2, -0.15) is 0 Å². The van der Waals surface area contributed by atoms with Crippen molar-refractivity contribution in [2.45, 2.75) is 18.0 Å². The maximum Gasteiger partial charge on any atom is 0.320 e. The number of nitrogens with zero attached hydrogens (tertiary/aromatic N) is 2. The molecule has 1 saturated heterocycles. The van der Waals surface area contributed by atoms with Gasteiger partial charge in [0.1, 0.15) is 17.2 Å². The summed E-state index contributed by atoms with van der Waals surface area (Å²) in [5.41, 5.74) is 0. The molecule has 2 rings (SSSR count). The number of nitrogens with one attached hydrogen (secondary N) is 2. The Morgan fingerprint density at radius 3 is 2.75 bits per heavy atom. The number of hydrogen-bond acceptors (Lipinski definition) is 6. The number of carbonyl (C=O) groups excluding carboxylic acids is 1. The zero-order valence-electron chi connectivity index (χ0n) is 11.2. The number of amides is 2. The average molecular weight is 316 g/mol. The fourth-order valence-electron chi connectivity index (χ4n) is 2.05. The Morgan fingerprint density at radius 2 is 2.15 bits per heavy atom. The Bertz CT molecular complexity index is 605. The minimum absolute atomic E-state index is 0.0125. The lowest BCUT2D eigenvalue weighted by Crippen LogP contribution is -2.41. The quantitative estimate of drug-likeness (QED) is 0.630. The van der Waals surface area contributed by atoms with Crippen LogP contribution in [-0.2, 0) is 9.84 Å². The summed E-state index contributed by atoms with van der Waals surface area (Å²) in [4.78, 5) is 19.8. The molecule has 110 valence electrons. The first kappa shape index (κ1) is 15.0. The third kappa shape index (κ3) is 3.83. The van der Waals surface area contributed by atoms with Crippen molar-refractivity contribution in [2.24, 2.45) is 5.92 Å². The third-order valence-electron chi connectivity index (χ3n) is 3.05. The minimum atomic E-state index is -3.05. The average Bonchev–Trinajstić information content (AvgIpc) is 2.62. The normalized spacial score (nSPS) is 24.3. The lowest BCUT2D eigenvalue weighted by atomic mass is 10.1. The lowest BCUT2D eigenvalue weighted by Gasteiger charge is -2.16. The second kappa shape index (κ2) is 5.96. The molecule has 2 atom stereocenters. The fraction of sp³-hybridized carbons (Fsp3) is 0.545. The molecule has 7 nitrogen and oxygen atoms in total. The number of rotatable bonds is 3. The number of carbonyl (C=O) groups is 1. The van der Waals surface area contributed by atoms with Crippen molar-refractivity contribution in [2.75, 3.05) is 23.1 Å². The molecule has 1 fully saturated rings. The lowest BCUT2D eigenvalue weighted by molar-refractivity contribution is 0.247. The Kier molecular flexibility index (Phi) is 4.48. The molecule has 1 aromatic rings. The zero-order chi connectivity index (χ0) is 14.8. The van der Waals surface area contributed by atoms with Crippen LogP contribution in [0.2, 0.25) is 0 Å². The molecule has 2 N–H and O–H groups in total. The molecule has 0 aromatic carbocycles. The Hall–Kier alpha value is -1.35. The number of aromatic nitrogens is 2. The Labute approximate surface area is 121 Å². The van der Waals surface area contributed by atoms with Gasteiger partial charge in [0.05, 0.1) is 11.5 Å². The molecule has 1 aliphatic rings. The molecule has 0 saturated carbocycles. The second-order valence-electron chi connectivity index (χ2n) is 4.70. The van der Waals surface area contributed by atoms with E-state index in [1.807, 2.05) is 13.2 Å². The topological polar surface area (TPSA) is 101 Å². The molecule has 1 aromatic heterocycles. The van der Waals surface area contributed by atoms with Gasteiger partial charge in [-0.15, -0.1) is 11.8 Å². The summed E-state index contributed by atoms with van der Waals surface area (Å²) in [7, 11) is -3.05. The largest absolute Gasteiger partial charge is 0.334 e. The minimum Gasteiger partial charge on any atom is -0.334 e. The summed E-state index contributed by atoms with van der Waals surface area (Å²) in [6, 6.07) is 0.838. The first-order valence-corrected chi connectivity index (χ1v) is 9.08. The van der Waals surface area contributed by atoms with Gasteiger partial charge in [0.25, 0.3) is 0 Å². The zero-order valence-corrected chi connectivity index (χ0v) is 12.8. The van der Waals surface area contributed by atoms with E-state index in [2.05, 4.69) is 20.6 Å². The highest BCUT2D eigenvalue weighted by Gasteiger charge is 2.35. The van der Waals surface area contributed by atoms with Gasteiger partial charge in [-0.25, -0.2) is 23.2 Å².